The molecule has 0 bridgehead atoms. The van der Waals surface area contributed by atoms with Gasteiger partial charge in [0.2, 0.25) is 0 Å². The third kappa shape index (κ3) is 5.17. The third-order valence-corrected chi connectivity index (χ3v) is 0.715. The van der Waals surface area contributed by atoms with Crippen molar-refractivity contribution in [3.63, 3.8) is 0 Å². The Morgan fingerprint density at radius 1 is 1.60 bits per heavy atom. The van der Waals surface area contributed by atoms with Crippen LogP contribution >= 0.6 is 11.6 Å². The Hall–Kier alpha value is -0.970. The summed E-state index contributed by atoms with van der Waals surface area (Å²) in [5, 5.41) is 0. The predicted octanol–water partition coefficient (Wildman–Crippen LogP) is -1.00. The van der Waals surface area contributed by atoms with Gasteiger partial charge in [-0.1, -0.05) is 11.6 Å². The van der Waals surface area contributed by atoms with Crippen LogP contribution in [0.3, 0.4) is 0 Å². The third-order valence-electron chi connectivity index (χ3n) is 0.606. The van der Waals surface area contributed by atoms with Gasteiger partial charge in [-0.05, 0) is 0 Å². The molecule has 0 saturated carbocycles. The predicted molar refractivity (Wildman–Crippen MR) is 37.5 cm³/mol. The first-order valence-electron chi connectivity index (χ1n) is 2.43. The highest BCUT2D eigenvalue weighted by Gasteiger charge is 1.97. The Kier molecular flexibility index (Phi) is 4.39. The number of ether oxygens (including phenoxy) is 1. The summed E-state index contributed by atoms with van der Waals surface area (Å²) in [6.45, 7) is -0.185. The SMILES string of the molecule is NC(N)=NCC(=O)OCCl. The average Bonchev–Trinajstić information content (AvgIpc) is 1.85. The number of alkyl halides is 1. The molecule has 0 aromatic carbocycles. The molecule has 0 atom stereocenters. The number of hydrogen-bond donors (Lipinski definition) is 2. The maximum Gasteiger partial charge on any atom is 0.329 e. The molecule has 0 saturated heterocycles. The first kappa shape index (κ1) is 9.03. The van der Waals surface area contributed by atoms with Crippen LogP contribution in [0.25, 0.3) is 0 Å². The number of rotatable bonds is 3. The van der Waals surface area contributed by atoms with Crippen LogP contribution < -0.4 is 11.5 Å². The topological polar surface area (TPSA) is 90.7 Å². The fraction of sp³-hybridized carbons (Fsp3) is 0.500. The zero-order valence-electron chi connectivity index (χ0n) is 5.21. The summed E-state index contributed by atoms with van der Waals surface area (Å²) in [5.41, 5.74) is 9.85. The van der Waals surface area contributed by atoms with Gasteiger partial charge in [-0.15, -0.1) is 0 Å². The number of aliphatic imine (C=N–C) groups is 1. The minimum absolute atomic E-state index is 0.147. The van der Waals surface area contributed by atoms with Crippen LogP contribution in [0, 0.1) is 0 Å². The fourth-order valence-electron chi connectivity index (χ4n) is 0.262. The minimum atomic E-state index is -0.552. The molecule has 10 heavy (non-hydrogen) atoms. The van der Waals surface area contributed by atoms with E-state index in [1.54, 1.807) is 0 Å². The summed E-state index contributed by atoms with van der Waals surface area (Å²) in [4.78, 5) is 13.8. The summed E-state index contributed by atoms with van der Waals surface area (Å²) >= 11 is 5.06. The van der Waals surface area contributed by atoms with Gasteiger partial charge in [-0.2, -0.15) is 0 Å². The number of carbonyl (C=O) groups is 1. The van der Waals surface area contributed by atoms with Gasteiger partial charge < -0.3 is 16.2 Å². The molecule has 0 aliphatic rings. The Morgan fingerprint density at radius 3 is 2.60 bits per heavy atom. The van der Waals surface area contributed by atoms with Crippen molar-refractivity contribution < 1.29 is 9.53 Å². The second kappa shape index (κ2) is 4.87. The number of guanidine groups is 1. The van der Waals surface area contributed by atoms with Crippen molar-refractivity contribution in [1.29, 1.82) is 0 Å². The normalized spacial score (nSPS) is 8.50. The molecule has 0 aliphatic heterocycles. The van der Waals surface area contributed by atoms with Crippen LogP contribution in [0.15, 0.2) is 4.99 Å². The molecule has 4 N–H and O–H groups in total. The second-order valence-electron chi connectivity index (χ2n) is 1.37. The van der Waals surface area contributed by atoms with E-state index in [9.17, 15) is 4.79 Å². The van der Waals surface area contributed by atoms with Gasteiger partial charge in [0, 0.05) is 0 Å². The van der Waals surface area contributed by atoms with Crippen molar-refractivity contribution in [1.82, 2.24) is 0 Å². The van der Waals surface area contributed by atoms with Gasteiger partial charge >= 0.3 is 5.97 Å². The molecule has 0 aromatic rings. The van der Waals surface area contributed by atoms with Gasteiger partial charge in [0.25, 0.3) is 0 Å². The van der Waals surface area contributed by atoms with Crippen molar-refractivity contribution in [3.05, 3.63) is 0 Å². The molecule has 0 aromatic heterocycles. The minimum Gasteiger partial charge on any atom is -0.448 e. The van der Waals surface area contributed by atoms with E-state index in [1.165, 1.54) is 0 Å². The number of halogens is 1. The summed E-state index contributed by atoms with van der Waals surface area (Å²) in [6, 6.07) is -0.182. The summed E-state index contributed by atoms with van der Waals surface area (Å²) in [5.74, 6) is -0.699. The lowest BCUT2D eigenvalue weighted by molar-refractivity contribution is -0.139. The maximum absolute atomic E-state index is 10.4. The van der Waals surface area contributed by atoms with Gasteiger partial charge in [0.1, 0.15) is 6.54 Å². The molecular weight excluding hydrogens is 158 g/mol. The molecule has 0 aliphatic carbocycles. The summed E-state index contributed by atoms with van der Waals surface area (Å²) < 4.78 is 4.30. The Balaban J connectivity index is 3.49. The van der Waals surface area contributed by atoms with Crippen LogP contribution in [0.1, 0.15) is 0 Å². The van der Waals surface area contributed by atoms with E-state index in [0.29, 0.717) is 0 Å². The Morgan fingerprint density at radius 2 is 2.20 bits per heavy atom. The second-order valence-corrected chi connectivity index (χ2v) is 1.58. The zero-order chi connectivity index (χ0) is 7.98. The van der Waals surface area contributed by atoms with E-state index in [4.69, 9.17) is 23.1 Å². The van der Waals surface area contributed by atoms with E-state index in [-0.39, 0.29) is 18.6 Å². The van der Waals surface area contributed by atoms with Crippen molar-refractivity contribution in [2.45, 2.75) is 0 Å². The lowest BCUT2D eigenvalue weighted by atomic mass is 10.7. The number of nitrogens with zero attached hydrogens (tertiary/aromatic N) is 1. The monoisotopic (exact) mass is 165 g/mol. The van der Waals surface area contributed by atoms with Gasteiger partial charge in [0.15, 0.2) is 12.0 Å². The van der Waals surface area contributed by atoms with E-state index in [1.807, 2.05) is 0 Å². The smallest absolute Gasteiger partial charge is 0.329 e. The highest BCUT2D eigenvalue weighted by molar-refractivity contribution is 6.17. The van der Waals surface area contributed by atoms with Gasteiger partial charge in [-0.25, -0.2) is 4.99 Å². The molecule has 0 radical (unpaired) electrons. The van der Waals surface area contributed by atoms with Crippen LogP contribution in [-0.4, -0.2) is 24.5 Å². The van der Waals surface area contributed by atoms with Gasteiger partial charge in [-0.3, -0.25) is 4.79 Å². The number of esters is 1. The van der Waals surface area contributed by atoms with Crippen LogP contribution in [0.5, 0.6) is 0 Å². The largest absolute Gasteiger partial charge is 0.448 e. The highest BCUT2D eigenvalue weighted by atomic mass is 35.5. The lowest BCUT2D eigenvalue weighted by Gasteiger charge is -1.95. The number of carbonyl (C=O) groups excluding carboxylic acids is 1. The molecule has 6 heteroatoms. The number of nitrogens with two attached hydrogens (primary N) is 2. The molecule has 5 nitrogen and oxygen atoms in total. The Labute approximate surface area is 63.0 Å². The molecule has 0 unspecified atom stereocenters. The standard InChI is InChI=1S/C4H8ClN3O2/c5-2-10-3(9)1-8-4(6)7/h1-2H2,(H4,6,7,8). The summed E-state index contributed by atoms with van der Waals surface area (Å²) in [6.07, 6.45) is 0. The van der Waals surface area contributed by atoms with Crippen molar-refractivity contribution >= 4 is 23.5 Å². The molecule has 0 amide bonds. The fourth-order valence-corrected chi connectivity index (χ4v) is 0.384. The molecule has 0 spiro atoms. The number of hydrogen-bond acceptors (Lipinski definition) is 3. The highest BCUT2D eigenvalue weighted by Crippen LogP contribution is 1.81. The van der Waals surface area contributed by atoms with E-state index in [0.717, 1.165) is 0 Å². The first-order chi connectivity index (χ1) is 4.66. The summed E-state index contributed by atoms with van der Waals surface area (Å²) in [7, 11) is 0. The first-order valence-corrected chi connectivity index (χ1v) is 2.97. The van der Waals surface area contributed by atoms with Crippen LogP contribution in [0.4, 0.5) is 0 Å². The Bertz CT molecular complexity index is 143. The van der Waals surface area contributed by atoms with Crippen molar-refractivity contribution in [2.75, 3.05) is 12.6 Å². The molecular formula is C4H8ClN3O2. The van der Waals surface area contributed by atoms with E-state index >= 15 is 0 Å². The van der Waals surface area contributed by atoms with Crippen molar-refractivity contribution in [3.8, 4) is 0 Å². The molecule has 0 heterocycles. The molecule has 58 valence electrons. The zero-order valence-corrected chi connectivity index (χ0v) is 5.97. The quantitative estimate of drug-likeness (QED) is 0.243. The molecule has 0 fully saturated rings. The van der Waals surface area contributed by atoms with E-state index < -0.39 is 5.97 Å². The van der Waals surface area contributed by atoms with E-state index in [2.05, 4.69) is 9.73 Å². The van der Waals surface area contributed by atoms with Crippen LogP contribution in [-0.2, 0) is 9.53 Å². The van der Waals surface area contributed by atoms with Gasteiger partial charge in [0.05, 0.1) is 0 Å². The lowest BCUT2D eigenvalue weighted by Crippen LogP contribution is -2.24. The van der Waals surface area contributed by atoms with Crippen molar-refractivity contribution in [2.24, 2.45) is 16.5 Å². The molecule has 0 rings (SSSR count). The van der Waals surface area contributed by atoms with Crippen LogP contribution in [0.2, 0.25) is 0 Å². The average molecular weight is 166 g/mol. The maximum atomic E-state index is 10.4.